The minimum atomic E-state index is -0.392. The van der Waals surface area contributed by atoms with Crippen molar-refractivity contribution < 1.29 is 9.90 Å². The van der Waals surface area contributed by atoms with Crippen LogP contribution < -0.4 is 11.1 Å². The highest BCUT2D eigenvalue weighted by Gasteiger charge is 2.24. The van der Waals surface area contributed by atoms with Crippen LogP contribution in [0, 0.1) is 0 Å². The molecule has 1 aromatic carbocycles. The minimum Gasteiger partial charge on any atom is -0.391 e. The van der Waals surface area contributed by atoms with E-state index in [1.165, 1.54) is 0 Å². The Bertz CT molecular complexity index is 408. The largest absolute Gasteiger partial charge is 0.391 e. The molecule has 0 saturated carbocycles. The molecule has 0 bridgehead atoms. The molecule has 2 amide bonds. The second-order valence-electron chi connectivity index (χ2n) is 4.22. The van der Waals surface area contributed by atoms with Gasteiger partial charge in [-0.1, -0.05) is 12.1 Å². The molecule has 1 atom stereocenters. The number of carbonyl (C=O) groups is 1. The number of hydrogen-bond acceptors (Lipinski definition) is 3. The van der Waals surface area contributed by atoms with E-state index in [9.17, 15) is 9.90 Å². The second-order valence-corrected chi connectivity index (χ2v) is 4.22. The van der Waals surface area contributed by atoms with Crippen LogP contribution in [0.1, 0.15) is 12.0 Å². The minimum absolute atomic E-state index is 0.171. The van der Waals surface area contributed by atoms with Crippen molar-refractivity contribution in [3.8, 4) is 0 Å². The first kappa shape index (κ1) is 11.9. The SMILES string of the molecule is NCc1cccc(NC(=O)N2CC[C@@H](O)C2)c1. The van der Waals surface area contributed by atoms with Gasteiger partial charge in [0.1, 0.15) is 0 Å². The average Bonchev–Trinajstić information content (AvgIpc) is 2.76. The van der Waals surface area contributed by atoms with Crippen LogP contribution in [0.2, 0.25) is 0 Å². The van der Waals surface area contributed by atoms with Crippen LogP contribution in [0.4, 0.5) is 10.5 Å². The Hall–Kier alpha value is -1.59. The van der Waals surface area contributed by atoms with Crippen molar-refractivity contribution in [2.45, 2.75) is 19.1 Å². The summed E-state index contributed by atoms with van der Waals surface area (Å²) in [7, 11) is 0. The van der Waals surface area contributed by atoms with Gasteiger partial charge >= 0.3 is 6.03 Å². The summed E-state index contributed by atoms with van der Waals surface area (Å²) in [5.41, 5.74) is 7.25. The van der Waals surface area contributed by atoms with E-state index in [1.54, 1.807) is 4.90 Å². The molecule has 0 spiro atoms. The van der Waals surface area contributed by atoms with E-state index in [4.69, 9.17) is 5.73 Å². The molecule has 5 nitrogen and oxygen atoms in total. The monoisotopic (exact) mass is 235 g/mol. The molecule has 0 unspecified atom stereocenters. The van der Waals surface area contributed by atoms with Gasteiger partial charge in [0.2, 0.25) is 0 Å². The molecule has 0 aliphatic carbocycles. The number of nitrogens with zero attached hydrogens (tertiary/aromatic N) is 1. The summed E-state index contributed by atoms with van der Waals surface area (Å²) in [6.07, 6.45) is 0.257. The van der Waals surface area contributed by atoms with Crippen molar-refractivity contribution >= 4 is 11.7 Å². The first-order valence-corrected chi connectivity index (χ1v) is 5.72. The molecule has 1 aliphatic rings. The van der Waals surface area contributed by atoms with Crippen molar-refractivity contribution in [1.29, 1.82) is 0 Å². The highest BCUT2D eigenvalue weighted by Crippen LogP contribution is 2.14. The van der Waals surface area contributed by atoms with E-state index in [2.05, 4.69) is 5.32 Å². The topological polar surface area (TPSA) is 78.6 Å². The summed E-state index contributed by atoms with van der Waals surface area (Å²) in [5.74, 6) is 0. The van der Waals surface area contributed by atoms with E-state index < -0.39 is 6.10 Å². The molecule has 17 heavy (non-hydrogen) atoms. The summed E-state index contributed by atoms with van der Waals surface area (Å²) in [6, 6.07) is 7.27. The Morgan fingerprint density at radius 1 is 1.59 bits per heavy atom. The van der Waals surface area contributed by atoms with Gasteiger partial charge in [0.25, 0.3) is 0 Å². The number of urea groups is 1. The van der Waals surface area contributed by atoms with Crippen LogP contribution in [0.15, 0.2) is 24.3 Å². The number of β-amino-alcohol motifs (C(OH)–C–C–N with tert-alkyl or cyclic N) is 1. The quantitative estimate of drug-likeness (QED) is 0.707. The van der Waals surface area contributed by atoms with Gasteiger partial charge in [0.05, 0.1) is 6.10 Å². The molecule has 1 aromatic rings. The molecule has 92 valence electrons. The normalized spacial score (nSPS) is 19.4. The molecule has 1 aliphatic heterocycles. The molecule has 1 fully saturated rings. The average molecular weight is 235 g/mol. The van der Waals surface area contributed by atoms with Gasteiger partial charge in [-0.25, -0.2) is 4.79 Å². The predicted molar refractivity (Wildman–Crippen MR) is 65.5 cm³/mol. The number of aliphatic hydroxyl groups excluding tert-OH is 1. The zero-order valence-electron chi connectivity index (χ0n) is 9.60. The third-order valence-electron chi connectivity index (χ3n) is 2.86. The fraction of sp³-hybridized carbons (Fsp3) is 0.417. The number of nitrogens with one attached hydrogen (secondary N) is 1. The van der Waals surface area contributed by atoms with Gasteiger partial charge in [-0.05, 0) is 24.1 Å². The molecule has 4 N–H and O–H groups in total. The number of hydrogen-bond donors (Lipinski definition) is 3. The summed E-state index contributed by atoms with van der Waals surface area (Å²) in [6.45, 7) is 1.46. The summed E-state index contributed by atoms with van der Waals surface area (Å²) in [4.78, 5) is 13.4. The van der Waals surface area contributed by atoms with Gasteiger partial charge in [0, 0.05) is 25.3 Å². The van der Waals surface area contributed by atoms with E-state index in [1.807, 2.05) is 24.3 Å². The Labute approximate surface area is 100 Å². The van der Waals surface area contributed by atoms with E-state index in [0.717, 1.165) is 11.3 Å². The zero-order chi connectivity index (χ0) is 12.3. The van der Waals surface area contributed by atoms with Crippen LogP contribution >= 0.6 is 0 Å². The molecule has 2 rings (SSSR count). The first-order valence-electron chi connectivity index (χ1n) is 5.72. The molecule has 0 radical (unpaired) electrons. The first-order chi connectivity index (χ1) is 8.19. The number of nitrogens with two attached hydrogens (primary N) is 1. The Kier molecular flexibility index (Phi) is 3.61. The lowest BCUT2D eigenvalue weighted by Crippen LogP contribution is -2.33. The van der Waals surface area contributed by atoms with E-state index >= 15 is 0 Å². The maximum Gasteiger partial charge on any atom is 0.321 e. The van der Waals surface area contributed by atoms with Gasteiger partial charge in [-0.3, -0.25) is 0 Å². The number of carbonyl (C=O) groups excluding carboxylic acids is 1. The third kappa shape index (κ3) is 2.95. The summed E-state index contributed by atoms with van der Waals surface area (Å²) >= 11 is 0. The van der Waals surface area contributed by atoms with Crippen molar-refractivity contribution in [3.05, 3.63) is 29.8 Å². The fourth-order valence-electron chi connectivity index (χ4n) is 1.90. The lowest BCUT2D eigenvalue weighted by molar-refractivity contribution is 0.176. The van der Waals surface area contributed by atoms with Gasteiger partial charge < -0.3 is 21.1 Å². The van der Waals surface area contributed by atoms with Crippen molar-refractivity contribution in [2.24, 2.45) is 5.73 Å². The van der Waals surface area contributed by atoms with E-state index in [0.29, 0.717) is 26.1 Å². The standard InChI is InChI=1S/C12H17N3O2/c13-7-9-2-1-3-10(6-9)14-12(17)15-5-4-11(16)8-15/h1-3,6,11,16H,4-5,7-8,13H2,(H,14,17)/t11-/m1/s1. The van der Waals surface area contributed by atoms with Gasteiger partial charge in [-0.15, -0.1) is 0 Å². The molecule has 0 aromatic heterocycles. The highest BCUT2D eigenvalue weighted by atomic mass is 16.3. The smallest absolute Gasteiger partial charge is 0.321 e. The van der Waals surface area contributed by atoms with Crippen LogP contribution in [-0.4, -0.2) is 35.2 Å². The predicted octanol–water partition coefficient (Wildman–Crippen LogP) is 0.744. The number of aliphatic hydroxyl groups is 1. The second kappa shape index (κ2) is 5.16. The Morgan fingerprint density at radius 2 is 2.41 bits per heavy atom. The van der Waals surface area contributed by atoms with Gasteiger partial charge in [0.15, 0.2) is 0 Å². The van der Waals surface area contributed by atoms with Crippen LogP contribution in [-0.2, 0) is 6.54 Å². The molecular formula is C12H17N3O2. The number of benzene rings is 1. The van der Waals surface area contributed by atoms with Crippen molar-refractivity contribution in [3.63, 3.8) is 0 Å². The van der Waals surface area contributed by atoms with Crippen LogP contribution in [0.25, 0.3) is 0 Å². The summed E-state index contributed by atoms with van der Waals surface area (Å²) < 4.78 is 0. The van der Waals surface area contributed by atoms with Crippen molar-refractivity contribution in [2.75, 3.05) is 18.4 Å². The molecule has 1 saturated heterocycles. The molecule has 1 heterocycles. The highest BCUT2D eigenvalue weighted by molar-refractivity contribution is 5.89. The number of likely N-dealkylation sites (tertiary alicyclic amines) is 1. The zero-order valence-corrected chi connectivity index (χ0v) is 9.60. The van der Waals surface area contributed by atoms with Crippen LogP contribution in [0.3, 0.4) is 0 Å². The maximum atomic E-state index is 11.8. The third-order valence-corrected chi connectivity index (χ3v) is 2.86. The molecule has 5 heteroatoms. The van der Waals surface area contributed by atoms with E-state index in [-0.39, 0.29) is 6.03 Å². The number of rotatable bonds is 2. The molecular weight excluding hydrogens is 218 g/mol. The Morgan fingerprint density at radius 3 is 3.06 bits per heavy atom. The van der Waals surface area contributed by atoms with Gasteiger partial charge in [-0.2, -0.15) is 0 Å². The number of amides is 2. The summed E-state index contributed by atoms with van der Waals surface area (Å²) in [5, 5.41) is 12.2. The lowest BCUT2D eigenvalue weighted by Gasteiger charge is -2.16. The maximum absolute atomic E-state index is 11.8. The Balaban J connectivity index is 1.98. The van der Waals surface area contributed by atoms with Crippen LogP contribution in [0.5, 0.6) is 0 Å². The van der Waals surface area contributed by atoms with Crippen molar-refractivity contribution in [1.82, 2.24) is 4.90 Å². The number of anilines is 1. The fourth-order valence-corrected chi connectivity index (χ4v) is 1.90. The lowest BCUT2D eigenvalue weighted by atomic mass is 10.2.